The lowest BCUT2D eigenvalue weighted by Gasteiger charge is -2.10. The van der Waals surface area contributed by atoms with Crippen LogP contribution in [0.3, 0.4) is 0 Å². The van der Waals surface area contributed by atoms with Crippen molar-refractivity contribution in [1.82, 2.24) is 9.55 Å². The number of imidazole rings is 1. The highest BCUT2D eigenvalue weighted by Gasteiger charge is 2.06. The van der Waals surface area contributed by atoms with E-state index < -0.39 is 0 Å². The van der Waals surface area contributed by atoms with Gasteiger partial charge in [-0.05, 0) is 42.3 Å². The van der Waals surface area contributed by atoms with E-state index in [1.807, 2.05) is 42.7 Å². The van der Waals surface area contributed by atoms with Gasteiger partial charge in [-0.2, -0.15) is 0 Å². The van der Waals surface area contributed by atoms with Gasteiger partial charge in [0, 0.05) is 11.6 Å². The molecule has 0 radical (unpaired) electrons. The molecule has 2 aromatic carbocycles. The molecule has 0 saturated carbocycles. The molecule has 0 aliphatic rings. The van der Waals surface area contributed by atoms with E-state index >= 15 is 0 Å². The average Bonchev–Trinajstić information content (AvgIpc) is 2.94. The molecular weight excluding hydrogens is 300 g/mol. The second-order valence-corrected chi connectivity index (χ2v) is 5.45. The number of hydrogen-bond acceptors (Lipinski definition) is 3. The van der Waals surface area contributed by atoms with Gasteiger partial charge in [0.05, 0.1) is 31.6 Å². The summed E-state index contributed by atoms with van der Waals surface area (Å²) < 4.78 is 12.7. The third-order valence-electron chi connectivity index (χ3n) is 3.67. The Balaban J connectivity index is 1.80. The number of halogens is 1. The lowest BCUT2D eigenvalue weighted by atomic mass is 10.1. The van der Waals surface area contributed by atoms with Crippen molar-refractivity contribution in [3.05, 3.63) is 53.3 Å². The Morgan fingerprint density at radius 1 is 1.05 bits per heavy atom. The van der Waals surface area contributed by atoms with Gasteiger partial charge >= 0.3 is 0 Å². The molecule has 3 rings (SSSR count). The first-order valence-electron chi connectivity index (χ1n) is 7.02. The first-order chi connectivity index (χ1) is 10.7. The SMILES string of the molecule is COc1ccc(CCn2cnc3ccc(Cl)cc32)cc1OC. The standard InChI is InChI=1S/C17H17ClN2O2/c1-21-16-6-3-12(9-17(16)22-2)7-8-20-11-19-14-5-4-13(18)10-15(14)20/h3-6,9-11H,7-8H2,1-2H3. The van der Waals surface area contributed by atoms with Crippen molar-refractivity contribution in [2.45, 2.75) is 13.0 Å². The van der Waals surface area contributed by atoms with Crippen LogP contribution in [0.5, 0.6) is 11.5 Å². The van der Waals surface area contributed by atoms with Gasteiger partial charge in [0.25, 0.3) is 0 Å². The molecule has 0 saturated heterocycles. The summed E-state index contributed by atoms with van der Waals surface area (Å²) in [4.78, 5) is 4.39. The monoisotopic (exact) mass is 316 g/mol. The topological polar surface area (TPSA) is 36.3 Å². The zero-order chi connectivity index (χ0) is 15.5. The first-order valence-corrected chi connectivity index (χ1v) is 7.40. The number of ether oxygens (including phenoxy) is 2. The number of nitrogens with zero attached hydrogens (tertiary/aromatic N) is 2. The van der Waals surface area contributed by atoms with E-state index in [1.54, 1.807) is 14.2 Å². The quantitative estimate of drug-likeness (QED) is 0.715. The van der Waals surface area contributed by atoms with Crippen LogP contribution in [0, 0.1) is 0 Å². The molecular formula is C17H17ClN2O2. The average molecular weight is 317 g/mol. The van der Waals surface area contributed by atoms with Crippen LogP contribution >= 0.6 is 11.6 Å². The molecule has 0 aliphatic carbocycles. The predicted octanol–water partition coefficient (Wildman–Crippen LogP) is 3.95. The lowest BCUT2D eigenvalue weighted by molar-refractivity contribution is 0.354. The number of hydrogen-bond donors (Lipinski definition) is 0. The van der Waals surface area contributed by atoms with Crippen LogP contribution in [-0.2, 0) is 13.0 Å². The minimum atomic E-state index is 0.723. The molecule has 0 unspecified atom stereocenters. The van der Waals surface area contributed by atoms with E-state index in [0.29, 0.717) is 0 Å². The number of rotatable bonds is 5. The molecule has 0 atom stereocenters. The zero-order valence-electron chi connectivity index (χ0n) is 12.5. The molecule has 4 nitrogen and oxygen atoms in total. The fourth-order valence-corrected chi connectivity index (χ4v) is 2.66. The molecule has 0 aliphatic heterocycles. The minimum Gasteiger partial charge on any atom is -0.493 e. The van der Waals surface area contributed by atoms with Gasteiger partial charge in [-0.3, -0.25) is 0 Å². The largest absolute Gasteiger partial charge is 0.493 e. The highest BCUT2D eigenvalue weighted by atomic mass is 35.5. The number of benzene rings is 2. The first kappa shape index (κ1) is 14.7. The third-order valence-corrected chi connectivity index (χ3v) is 3.91. The second-order valence-electron chi connectivity index (χ2n) is 5.01. The van der Waals surface area contributed by atoms with E-state index in [0.717, 1.165) is 40.5 Å². The van der Waals surface area contributed by atoms with Crippen LogP contribution in [0.15, 0.2) is 42.7 Å². The summed E-state index contributed by atoms with van der Waals surface area (Å²) in [6.07, 6.45) is 2.72. The fraction of sp³-hybridized carbons (Fsp3) is 0.235. The predicted molar refractivity (Wildman–Crippen MR) is 88.0 cm³/mol. The molecule has 1 aromatic heterocycles. The van der Waals surface area contributed by atoms with E-state index in [2.05, 4.69) is 9.55 Å². The number of aromatic nitrogens is 2. The molecule has 0 N–H and O–H groups in total. The van der Waals surface area contributed by atoms with E-state index in [4.69, 9.17) is 21.1 Å². The van der Waals surface area contributed by atoms with Crippen LogP contribution in [0.4, 0.5) is 0 Å². The Morgan fingerprint density at radius 3 is 2.64 bits per heavy atom. The van der Waals surface area contributed by atoms with Crippen molar-refractivity contribution in [3.8, 4) is 11.5 Å². The molecule has 5 heteroatoms. The highest BCUT2D eigenvalue weighted by Crippen LogP contribution is 2.28. The maximum atomic E-state index is 6.07. The van der Waals surface area contributed by atoms with Crippen LogP contribution in [0.1, 0.15) is 5.56 Å². The summed E-state index contributed by atoms with van der Waals surface area (Å²) in [5.41, 5.74) is 3.19. The number of methoxy groups -OCH3 is 2. The van der Waals surface area contributed by atoms with Crippen molar-refractivity contribution in [1.29, 1.82) is 0 Å². The van der Waals surface area contributed by atoms with Gasteiger partial charge in [-0.15, -0.1) is 0 Å². The summed E-state index contributed by atoms with van der Waals surface area (Å²) in [7, 11) is 3.28. The van der Waals surface area contributed by atoms with E-state index in [9.17, 15) is 0 Å². The van der Waals surface area contributed by atoms with Crippen molar-refractivity contribution in [3.63, 3.8) is 0 Å². The second kappa shape index (κ2) is 6.28. The van der Waals surface area contributed by atoms with Crippen molar-refractivity contribution < 1.29 is 9.47 Å². The summed E-state index contributed by atoms with van der Waals surface area (Å²) >= 11 is 6.07. The summed E-state index contributed by atoms with van der Waals surface area (Å²) in [6.45, 7) is 0.826. The molecule has 3 aromatic rings. The summed E-state index contributed by atoms with van der Waals surface area (Å²) in [5.74, 6) is 1.49. The maximum absolute atomic E-state index is 6.07. The molecule has 0 amide bonds. The normalized spacial score (nSPS) is 10.9. The molecule has 0 spiro atoms. The van der Waals surface area contributed by atoms with Crippen LogP contribution < -0.4 is 9.47 Å². The Kier molecular flexibility index (Phi) is 4.20. The van der Waals surface area contributed by atoms with Crippen molar-refractivity contribution in [2.75, 3.05) is 14.2 Å². The molecule has 114 valence electrons. The Labute approximate surface area is 134 Å². The van der Waals surface area contributed by atoms with Gasteiger partial charge in [0.2, 0.25) is 0 Å². The van der Waals surface area contributed by atoms with Gasteiger partial charge in [-0.1, -0.05) is 17.7 Å². The van der Waals surface area contributed by atoms with Crippen LogP contribution in [-0.4, -0.2) is 23.8 Å². The smallest absolute Gasteiger partial charge is 0.160 e. The fourth-order valence-electron chi connectivity index (χ4n) is 2.49. The van der Waals surface area contributed by atoms with Crippen molar-refractivity contribution >= 4 is 22.6 Å². The molecule has 0 bridgehead atoms. The molecule has 0 fully saturated rings. The van der Waals surface area contributed by atoms with Gasteiger partial charge in [0.1, 0.15) is 0 Å². The van der Waals surface area contributed by atoms with E-state index in [1.165, 1.54) is 5.56 Å². The minimum absolute atomic E-state index is 0.723. The highest BCUT2D eigenvalue weighted by molar-refractivity contribution is 6.31. The maximum Gasteiger partial charge on any atom is 0.160 e. The molecule has 1 heterocycles. The number of fused-ring (bicyclic) bond motifs is 1. The summed E-state index contributed by atoms with van der Waals surface area (Å²) in [6, 6.07) is 11.7. The Morgan fingerprint density at radius 2 is 1.86 bits per heavy atom. The third kappa shape index (κ3) is 2.88. The van der Waals surface area contributed by atoms with Crippen molar-refractivity contribution in [2.24, 2.45) is 0 Å². The van der Waals surface area contributed by atoms with Gasteiger partial charge < -0.3 is 14.0 Å². The molecule has 22 heavy (non-hydrogen) atoms. The van der Waals surface area contributed by atoms with Gasteiger partial charge in [0.15, 0.2) is 11.5 Å². The summed E-state index contributed by atoms with van der Waals surface area (Å²) in [5, 5.41) is 0.723. The Bertz CT molecular complexity index is 798. The number of aryl methyl sites for hydroxylation is 2. The van der Waals surface area contributed by atoms with Crippen LogP contribution in [0.25, 0.3) is 11.0 Å². The Hall–Kier alpha value is -2.20. The van der Waals surface area contributed by atoms with E-state index in [-0.39, 0.29) is 0 Å². The lowest BCUT2D eigenvalue weighted by Crippen LogP contribution is -2.00. The van der Waals surface area contributed by atoms with Crippen LogP contribution in [0.2, 0.25) is 5.02 Å². The van der Waals surface area contributed by atoms with Gasteiger partial charge in [-0.25, -0.2) is 4.98 Å². The zero-order valence-corrected chi connectivity index (χ0v) is 13.3.